The van der Waals surface area contributed by atoms with E-state index >= 15 is 0 Å². The van der Waals surface area contributed by atoms with Crippen molar-refractivity contribution in [2.45, 2.75) is 64.3 Å². The van der Waals surface area contributed by atoms with Crippen molar-refractivity contribution in [3.63, 3.8) is 0 Å². The quantitative estimate of drug-likeness (QED) is 0.495. The number of aliphatic imine (C=N–C) groups is 1. The number of guanidine groups is 1. The number of hydrogen-bond donors (Lipinski definition) is 3. The molecule has 120 valence electrons. The first kappa shape index (κ1) is 16.1. The molecule has 2 fully saturated rings. The molecule has 0 aromatic carbocycles. The molecule has 0 aliphatic heterocycles. The zero-order valence-corrected chi connectivity index (χ0v) is 13.3. The van der Waals surface area contributed by atoms with Crippen LogP contribution in [0.2, 0.25) is 0 Å². The lowest BCUT2D eigenvalue weighted by Crippen LogP contribution is -2.41. The second kappa shape index (κ2) is 8.90. The van der Waals surface area contributed by atoms with Crippen LogP contribution in [0.1, 0.15) is 58.3 Å². The maximum atomic E-state index is 11.9. The van der Waals surface area contributed by atoms with Gasteiger partial charge in [-0.15, -0.1) is 0 Å². The second-order valence-corrected chi connectivity index (χ2v) is 6.24. The summed E-state index contributed by atoms with van der Waals surface area (Å²) >= 11 is 0. The lowest BCUT2D eigenvalue weighted by atomic mass is 9.95. The molecule has 2 rings (SSSR count). The number of carbonyl (C=O) groups excluding carboxylic acids is 1. The predicted octanol–water partition coefficient (Wildman–Crippen LogP) is 1.79. The minimum Gasteiger partial charge on any atom is -0.357 e. The van der Waals surface area contributed by atoms with Gasteiger partial charge in [0.1, 0.15) is 0 Å². The smallest absolute Gasteiger partial charge is 0.221 e. The van der Waals surface area contributed by atoms with Crippen LogP contribution < -0.4 is 16.0 Å². The van der Waals surface area contributed by atoms with Gasteiger partial charge in [-0.1, -0.05) is 19.3 Å². The molecule has 0 radical (unpaired) electrons. The van der Waals surface area contributed by atoms with E-state index in [1.165, 1.54) is 32.1 Å². The molecule has 0 heterocycles. The molecular weight excluding hydrogens is 264 g/mol. The van der Waals surface area contributed by atoms with Gasteiger partial charge in [-0.2, -0.15) is 0 Å². The molecule has 5 heteroatoms. The SMILES string of the molecule is CCNC(=NCC1CC1)NCCC(=O)NC1CCCCC1. The van der Waals surface area contributed by atoms with Gasteiger partial charge in [-0.05, 0) is 38.5 Å². The maximum Gasteiger partial charge on any atom is 0.221 e. The minimum atomic E-state index is 0.160. The lowest BCUT2D eigenvalue weighted by Gasteiger charge is -2.22. The number of carbonyl (C=O) groups is 1. The largest absolute Gasteiger partial charge is 0.357 e. The van der Waals surface area contributed by atoms with Crippen molar-refractivity contribution >= 4 is 11.9 Å². The second-order valence-electron chi connectivity index (χ2n) is 6.24. The Hall–Kier alpha value is -1.26. The molecular formula is C16H30N4O. The molecule has 0 bridgehead atoms. The number of nitrogens with one attached hydrogen (secondary N) is 3. The van der Waals surface area contributed by atoms with Gasteiger partial charge in [0.2, 0.25) is 5.91 Å². The average Bonchev–Trinajstić information content (AvgIpc) is 3.30. The van der Waals surface area contributed by atoms with Gasteiger partial charge in [0, 0.05) is 32.1 Å². The zero-order valence-electron chi connectivity index (χ0n) is 13.3. The van der Waals surface area contributed by atoms with E-state index in [0.29, 0.717) is 19.0 Å². The molecule has 0 spiro atoms. The summed E-state index contributed by atoms with van der Waals surface area (Å²) in [4.78, 5) is 16.5. The van der Waals surface area contributed by atoms with Crippen LogP contribution in [0.3, 0.4) is 0 Å². The molecule has 0 aromatic heterocycles. The molecule has 2 aliphatic rings. The van der Waals surface area contributed by atoms with E-state index in [1.54, 1.807) is 0 Å². The van der Waals surface area contributed by atoms with Crippen LogP contribution >= 0.6 is 0 Å². The Morgan fingerprint density at radius 2 is 1.86 bits per heavy atom. The van der Waals surface area contributed by atoms with Crippen molar-refractivity contribution in [3.8, 4) is 0 Å². The Kier molecular flexibility index (Phi) is 6.83. The van der Waals surface area contributed by atoms with Gasteiger partial charge in [-0.25, -0.2) is 0 Å². The van der Waals surface area contributed by atoms with Crippen LogP contribution in [-0.2, 0) is 4.79 Å². The first-order valence-electron chi connectivity index (χ1n) is 8.59. The Morgan fingerprint density at radius 3 is 2.52 bits per heavy atom. The van der Waals surface area contributed by atoms with E-state index in [1.807, 2.05) is 0 Å². The van der Waals surface area contributed by atoms with Gasteiger partial charge >= 0.3 is 0 Å². The van der Waals surface area contributed by atoms with Crippen LogP contribution in [-0.4, -0.2) is 37.5 Å². The monoisotopic (exact) mass is 294 g/mol. The van der Waals surface area contributed by atoms with E-state index < -0.39 is 0 Å². The topological polar surface area (TPSA) is 65.5 Å². The van der Waals surface area contributed by atoms with E-state index in [9.17, 15) is 4.79 Å². The Morgan fingerprint density at radius 1 is 1.10 bits per heavy atom. The normalized spacial score (nSPS) is 20.1. The van der Waals surface area contributed by atoms with Gasteiger partial charge in [0.25, 0.3) is 0 Å². The highest BCUT2D eigenvalue weighted by molar-refractivity contribution is 5.81. The van der Waals surface area contributed by atoms with Crippen molar-refractivity contribution in [2.75, 3.05) is 19.6 Å². The average molecular weight is 294 g/mol. The molecule has 3 N–H and O–H groups in total. The highest BCUT2D eigenvalue weighted by Gasteiger charge is 2.20. The fourth-order valence-electron chi connectivity index (χ4n) is 2.70. The first-order valence-corrected chi connectivity index (χ1v) is 8.59. The maximum absolute atomic E-state index is 11.9. The van der Waals surface area contributed by atoms with Gasteiger partial charge < -0.3 is 16.0 Å². The van der Waals surface area contributed by atoms with Crippen molar-refractivity contribution in [2.24, 2.45) is 10.9 Å². The third-order valence-corrected chi connectivity index (χ3v) is 4.16. The molecule has 21 heavy (non-hydrogen) atoms. The van der Waals surface area contributed by atoms with Gasteiger partial charge in [0.05, 0.1) is 0 Å². The summed E-state index contributed by atoms with van der Waals surface area (Å²) in [5.41, 5.74) is 0. The molecule has 2 saturated carbocycles. The van der Waals surface area contributed by atoms with E-state index in [0.717, 1.165) is 37.8 Å². The highest BCUT2D eigenvalue weighted by Crippen LogP contribution is 2.28. The Balaban J connectivity index is 1.61. The Bertz CT molecular complexity index is 346. The summed E-state index contributed by atoms with van der Waals surface area (Å²) in [7, 11) is 0. The summed E-state index contributed by atoms with van der Waals surface area (Å²) in [5, 5.41) is 9.62. The first-order chi connectivity index (χ1) is 10.3. The van der Waals surface area contributed by atoms with Crippen LogP contribution in [0.5, 0.6) is 0 Å². The van der Waals surface area contributed by atoms with Crippen LogP contribution in [0.15, 0.2) is 4.99 Å². The van der Waals surface area contributed by atoms with Gasteiger partial charge in [0.15, 0.2) is 5.96 Å². The minimum absolute atomic E-state index is 0.160. The summed E-state index contributed by atoms with van der Waals surface area (Å²) in [6.45, 7) is 4.47. The number of amides is 1. The van der Waals surface area contributed by atoms with E-state index in [4.69, 9.17) is 0 Å². The molecule has 0 unspecified atom stereocenters. The van der Waals surface area contributed by atoms with Crippen molar-refractivity contribution in [1.82, 2.24) is 16.0 Å². The van der Waals surface area contributed by atoms with Crippen molar-refractivity contribution < 1.29 is 4.79 Å². The van der Waals surface area contributed by atoms with Crippen molar-refractivity contribution in [1.29, 1.82) is 0 Å². The van der Waals surface area contributed by atoms with Crippen LogP contribution in [0.4, 0.5) is 0 Å². The fraction of sp³-hybridized carbons (Fsp3) is 0.875. The molecule has 1 amide bonds. The van der Waals surface area contributed by atoms with Crippen LogP contribution in [0, 0.1) is 5.92 Å². The third-order valence-electron chi connectivity index (χ3n) is 4.16. The lowest BCUT2D eigenvalue weighted by molar-refractivity contribution is -0.121. The summed E-state index contributed by atoms with van der Waals surface area (Å²) in [6.07, 6.45) is 9.25. The number of rotatable bonds is 7. The van der Waals surface area contributed by atoms with Gasteiger partial charge in [-0.3, -0.25) is 9.79 Å². The molecule has 0 atom stereocenters. The molecule has 2 aliphatic carbocycles. The molecule has 0 saturated heterocycles. The number of hydrogen-bond acceptors (Lipinski definition) is 2. The van der Waals surface area contributed by atoms with Crippen LogP contribution in [0.25, 0.3) is 0 Å². The Labute approximate surface area is 128 Å². The highest BCUT2D eigenvalue weighted by atomic mass is 16.1. The molecule has 0 aromatic rings. The van der Waals surface area contributed by atoms with E-state index in [-0.39, 0.29) is 5.91 Å². The standard InChI is InChI=1S/C16H30N4O/c1-2-17-16(19-12-13-8-9-13)18-11-10-15(21)20-14-6-4-3-5-7-14/h13-14H,2-12H2,1H3,(H,20,21)(H2,17,18,19). The third kappa shape index (κ3) is 6.82. The summed E-state index contributed by atoms with van der Waals surface area (Å²) < 4.78 is 0. The number of nitrogens with zero attached hydrogens (tertiary/aromatic N) is 1. The molecule has 5 nitrogen and oxygen atoms in total. The summed E-state index contributed by atoms with van der Waals surface area (Å²) in [6, 6.07) is 0.406. The fourth-order valence-corrected chi connectivity index (χ4v) is 2.70. The van der Waals surface area contributed by atoms with E-state index in [2.05, 4.69) is 27.9 Å². The van der Waals surface area contributed by atoms with Crippen molar-refractivity contribution in [3.05, 3.63) is 0 Å². The zero-order chi connectivity index (χ0) is 14.9. The summed E-state index contributed by atoms with van der Waals surface area (Å²) in [5.74, 6) is 1.79. The predicted molar refractivity (Wildman–Crippen MR) is 86.3 cm³/mol.